The Morgan fingerprint density at radius 3 is 2.14 bits per heavy atom. The maximum Gasteiger partial charge on any atom is 0.0721 e. The Morgan fingerprint density at radius 2 is 1.54 bits per heavy atom. The van der Waals surface area contributed by atoms with Crippen LogP contribution in [0.5, 0.6) is 0 Å². The van der Waals surface area contributed by atoms with Gasteiger partial charge in [-0.15, -0.1) is 6.58 Å². The highest BCUT2D eigenvalue weighted by molar-refractivity contribution is 5.64. The SMILES string of the molecule is C=CCOCc1ccc(-c2ccc(C3CCC(CCCCC)CC3)cc2)cc1. The van der Waals surface area contributed by atoms with E-state index in [9.17, 15) is 0 Å². The third kappa shape index (κ3) is 6.07. The van der Waals surface area contributed by atoms with Gasteiger partial charge < -0.3 is 4.74 Å². The number of rotatable bonds is 10. The summed E-state index contributed by atoms with van der Waals surface area (Å²) in [7, 11) is 0. The van der Waals surface area contributed by atoms with E-state index in [2.05, 4.69) is 62.0 Å². The van der Waals surface area contributed by atoms with Crippen molar-refractivity contribution in [3.05, 3.63) is 72.3 Å². The van der Waals surface area contributed by atoms with Gasteiger partial charge in [0.15, 0.2) is 0 Å². The summed E-state index contributed by atoms with van der Waals surface area (Å²) in [6, 6.07) is 18.0. The van der Waals surface area contributed by atoms with E-state index >= 15 is 0 Å². The zero-order valence-corrected chi connectivity index (χ0v) is 17.5. The van der Waals surface area contributed by atoms with Crippen LogP contribution in [0.3, 0.4) is 0 Å². The monoisotopic (exact) mass is 376 g/mol. The maximum absolute atomic E-state index is 5.51. The average molecular weight is 377 g/mol. The predicted molar refractivity (Wildman–Crippen MR) is 121 cm³/mol. The second-order valence-corrected chi connectivity index (χ2v) is 8.34. The molecule has 0 atom stereocenters. The first kappa shape index (κ1) is 20.9. The van der Waals surface area contributed by atoms with E-state index in [0.717, 1.165) is 11.8 Å². The highest BCUT2D eigenvalue weighted by atomic mass is 16.5. The van der Waals surface area contributed by atoms with Crippen molar-refractivity contribution in [3.63, 3.8) is 0 Å². The molecule has 2 aromatic carbocycles. The molecule has 3 rings (SSSR count). The van der Waals surface area contributed by atoms with Gasteiger partial charge in [0.05, 0.1) is 13.2 Å². The highest BCUT2D eigenvalue weighted by Crippen LogP contribution is 2.38. The molecule has 1 fully saturated rings. The molecule has 0 aliphatic heterocycles. The number of hydrogen-bond acceptors (Lipinski definition) is 1. The van der Waals surface area contributed by atoms with Crippen LogP contribution in [0.4, 0.5) is 0 Å². The van der Waals surface area contributed by atoms with Gasteiger partial charge in [0.1, 0.15) is 0 Å². The number of benzene rings is 2. The van der Waals surface area contributed by atoms with Gasteiger partial charge in [0.25, 0.3) is 0 Å². The van der Waals surface area contributed by atoms with Gasteiger partial charge in [-0.1, -0.05) is 87.2 Å². The van der Waals surface area contributed by atoms with Gasteiger partial charge in [-0.3, -0.25) is 0 Å². The van der Waals surface area contributed by atoms with Gasteiger partial charge in [-0.05, 0) is 59.8 Å². The third-order valence-electron chi connectivity index (χ3n) is 6.24. The molecule has 1 nitrogen and oxygen atoms in total. The van der Waals surface area contributed by atoms with Gasteiger partial charge in [-0.25, -0.2) is 0 Å². The van der Waals surface area contributed by atoms with Gasteiger partial charge in [0.2, 0.25) is 0 Å². The Hall–Kier alpha value is -1.86. The molecule has 0 saturated heterocycles. The Kier molecular flexibility index (Phi) is 8.36. The van der Waals surface area contributed by atoms with Crippen LogP contribution in [-0.4, -0.2) is 6.61 Å². The molecule has 0 heterocycles. The van der Waals surface area contributed by atoms with Crippen molar-refractivity contribution in [2.24, 2.45) is 5.92 Å². The molecule has 0 amide bonds. The molecule has 0 radical (unpaired) electrons. The van der Waals surface area contributed by atoms with E-state index in [1.807, 2.05) is 0 Å². The largest absolute Gasteiger partial charge is 0.373 e. The van der Waals surface area contributed by atoms with Gasteiger partial charge in [-0.2, -0.15) is 0 Å². The second-order valence-electron chi connectivity index (χ2n) is 8.34. The minimum Gasteiger partial charge on any atom is -0.373 e. The normalized spacial score (nSPS) is 19.5. The van der Waals surface area contributed by atoms with E-state index in [1.54, 1.807) is 6.08 Å². The summed E-state index contributed by atoms with van der Waals surface area (Å²) in [5, 5.41) is 0. The Bertz CT molecular complexity index is 690. The number of ether oxygens (including phenoxy) is 1. The number of hydrogen-bond donors (Lipinski definition) is 0. The molecular formula is C27H36O. The molecule has 0 unspecified atom stereocenters. The summed E-state index contributed by atoms with van der Waals surface area (Å²) in [6.07, 6.45) is 13.0. The van der Waals surface area contributed by atoms with E-state index < -0.39 is 0 Å². The van der Waals surface area contributed by atoms with E-state index in [0.29, 0.717) is 13.2 Å². The highest BCUT2D eigenvalue weighted by Gasteiger charge is 2.21. The van der Waals surface area contributed by atoms with Gasteiger partial charge >= 0.3 is 0 Å². The van der Waals surface area contributed by atoms with Crippen LogP contribution >= 0.6 is 0 Å². The maximum atomic E-state index is 5.51. The quantitative estimate of drug-likeness (QED) is 0.302. The molecule has 1 aliphatic carbocycles. The summed E-state index contributed by atoms with van der Waals surface area (Å²) in [6.45, 7) is 7.23. The third-order valence-corrected chi connectivity index (χ3v) is 6.24. The van der Waals surface area contributed by atoms with Crippen molar-refractivity contribution < 1.29 is 4.74 Å². The fourth-order valence-corrected chi connectivity index (χ4v) is 4.47. The van der Waals surface area contributed by atoms with Crippen LogP contribution < -0.4 is 0 Å². The first-order valence-electron chi connectivity index (χ1n) is 11.2. The summed E-state index contributed by atoms with van der Waals surface area (Å²) >= 11 is 0. The molecule has 1 saturated carbocycles. The minimum absolute atomic E-state index is 0.601. The molecule has 0 N–H and O–H groups in total. The average Bonchev–Trinajstić information content (AvgIpc) is 2.75. The smallest absolute Gasteiger partial charge is 0.0721 e. The van der Waals surface area contributed by atoms with Crippen molar-refractivity contribution in [2.75, 3.05) is 6.61 Å². The van der Waals surface area contributed by atoms with Crippen LogP contribution in [-0.2, 0) is 11.3 Å². The first-order chi connectivity index (χ1) is 13.8. The molecule has 0 spiro atoms. The summed E-state index contributed by atoms with van der Waals surface area (Å²) in [5.41, 5.74) is 5.32. The molecule has 0 bridgehead atoms. The van der Waals surface area contributed by atoms with Crippen LogP contribution in [0.2, 0.25) is 0 Å². The number of unbranched alkanes of at least 4 members (excludes halogenated alkanes) is 2. The molecule has 2 aromatic rings. The van der Waals surface area contributed by atoms with Crippen molar-refractivity contribution in [1.82, 2.24) is 0 Å². The molecule has 28 heavy (non-hydrogen) atoms. The van der Waals surface area contributed by atoms with Crippen LogP contribution in [0.15, 0.2) is 61.2 Å². The van der Waals surface area contributed by atoms with E-state index in [4.69, 9.17) is 4.74 Å². The predicted octanol–water partition coefficient (Wildman–Crippen LogP) is 7.91. The molecule has 150 valence electrons. The summed E-state index contributed by atoms with van der Waals surface area (Å²) in [5.74, 6) is 1.75. The first-order valence-corrected chi connectivity index (χ1v) is 11.2. The zero-order valence-electron chi connectivity index (χ0n) is 17.5. The van der Waals surface area contributed by atoms with E-state index in [-0.39, 0.29) is 0 Å². The molecule has 1 heteroatoms. The van der Waals surface area contributed by atoms with Crippen molar-refractivity contribution in [1.29, 1.82) is 0 Å². The van der Waals surface area contributed by atoms with Gasteiger partial charge in [0, 0.05) is 0 Å². The van der Waals surface area contributed by atoms with Crippen LogP contribution in [0, 0.1) is 5.92 Å². The van der Waals surface area contributed by atoms with Crippen LogP contribution in [0.1, 0.15) is 75.3 Å². The zero-order chi connectivity index (χ0) is 19.6. The second kappa shape index (κ2) is 11.2. The van der Waals surface area contributed by atoms with Crippen molar-refractivity contribution >= 4 is 0 Å². The standard InChI is InChI=1S/C27H36O/c1-3-5-6-7-22-8-12-24(13-9-22)26-16-18-27(19-17-26)25-14-10-23(11-15-25)21-28-20-4-2/h4,10-11,14-19,22,24H,2-3,5-9,12-13,20-21H2,1H3. The lowest BCUT2D eigenvalue weighted by Crippen LogP contribution is -2.13. The fourth-order valence-electron chi connectivity index (χ4n) is 4.47. The topological polar surface area (TPSA) is 9.23 Å². The van der Waals surface area contributed by atoms with Crippen LogP contribution in [0.25, 0.3) is 11.1 Å². The molecule has 0 aromatic heterocycles. The Morgan fingerprint density at radius 1 is 0.893 bits per heavy atom. The Balaban J connectivity index is 1.52. The summed E-state index contributed by atoms with van der Waals surface area (Å²) in [4.78, 5) is 0. The fraction of sp³-hybridized carbons (Fsp3) is 0.481. The molecular weight excluding hydrogens is 340 g/mol. The van der Waals surface area contributed by atoms with Crippen molar-refractivity contribution in [2.45, 2.75) is 70.8 Å². The lowest BCUT2D eigenvalue weighted by atomic mass is 9.77. The lowest BCUT2D eigenvalue weighted by Gasteiger charge is -2.29. The van der Waals surface area contributed by atoms with E-state index in [1.165, 1.54) is 73.6 Å². The molecule has 1 aliphatic rings. The lowest BCUT2D eigenvalue weighted by molar-refractivity contribution is 0.149. The Labute approximate surface area is 171 Å². The van der Waals surface area contributed by atoms with Crippen molar-refractivity contribution in [3.8, 4) is 11.1 Å². The summed E-state index contributed by atoms with van der Waals surface area (Å²) < 4.78 is 5.51. The minimum atomic E-state index is 0.601.